The summed E-state index contributed by atoms with van der Waals surface area (Å²) in [5, 5.41) is -0.298. The fraction of sp³-hybridized carbons (Fsp3) is 0.200. The number of aryl methyl sites for hydroxylation is 1. The number of imidazole rings is 1. The highest BCUT2D eigenvalue weighted by Crippen LogP contribution is 2.43. The molecular formula is C20H15F4N3OS. The van der Waals surface area contributed by atoms with Crippen LogP contribution in [0.3, 0.4) is 0 Å². The Bertz CT molecular complexity index is 1060. The molecule has 0 aliphatic carbocycles. The summed E-state index contributed by atoms with van der Waals surface area (Å²) in [4.78, 5) is 20.3. The number of amides is 1. The first-order valence-electron chi connectivity index (χ1n) is 8.66. The molecule has 1 amide bonds. The van der Waals surface area contributed by atoms with Crippen LogP contribution < -0.4 is 4.90 Å². The first-order chi connectivity index (χ1) is 13.7. The number of hydrogen-bond donors (Lipinski definition) is 1. The Hall–Kier alpha value is -2.81. The van der Waals surface area contributed by atoms with Gasteiger partial charge in [-0.15, -0.1) is 11.8 Å². The quantitative estimate of drug-likeness (QED) is 0.582. The second kappa shape index (κ2) is 7.22. The second-order valence-corrected chi connectivity index (χ2v) is 7.69. The van der Waals surface area contributed by atoms with Gasteiger partial charge in [-0.2, -0.15) is 13.2 Å². The summed E-state index contributed by atoms with van der Waals surface area (Å²) >= 11 is 1.44. The number of alkyl halides is 3. The van der Waals surface area contributed by atoms with Gasteiger partial charge in [-0.05, 0) is 48.4 Å². The lowest BCUT2D eigenvalue weighted by atomic mass is 10.1. The first-order valence-corrected chi connectivity index (χ1v) is 9.71. The van der Waals surface area contributed by atoms with Crippen molar-refractivity contribution in [3.05, 3.63) is 71.3 Å². The van der Waals surface area contributed by atoms with Gasteiger partial charge in [-0.1, -0.05) is 12.1 Å². The van der Waals surface area contributed by atoms with Crippen LogP contribution in [0.1, 0.15) is 22.2 Å². The number of hydrogen-bond acceptors (Lipinski definition) is 3. The van der Waals surface area contributed by atoms with E-state index >= 15 is 0 Å². The molecule has 1 aliphatic heterocycles. The summed E-state index contributed by atoms with van der Waals surface area (Å²) in [6.45, 7) is 1.78. The molecule has 1 fully saturated rings. The normalized spacial score (nSPS) is 17.2. The molecule has 0 bridgehead atoms. The van der Waals surface area contributed by atoms with Crippen molar-refractivity contribution >= 4 is 23.4 Å². The fourth-order valence-electron chi connectivity index (χ4n) is 3.24. The average Bonchev–Trinajstić information content (AvgIpc) is 3.30. The molecule has 0 saturated carbocycles. The number of benzene rings is 2. The molecule has 9 heteroatoms. The Kier molecular flexibility index (Phi) is 4.85. The SMILES string of the molecule is Cc1cc(-c2ncc(C(F)(F)F)[nH]2)ccc1N1C(=O)CSC1c1ccc(F)cc1. The van der Waals surface area contributed by atoms with Gasteiger partial charge in [0.15, 0.2) is 0 Å². The highest BCUT2D eigenvalue weighted by Gasteiger charge is 2.35. The molecule has 29 heavy (non-hydrogen) atoms. The van der Waals surface area contributed by atoms with Crippen LogP contribution in [0.15, 0.2) is 48.7 Å². The number of anilines is 1. The Morgan fingerprint density at radius 3 is 2.52 bits per heavy atom. The van der Waals surface area contributed by atoms with Gasteiger partial charge in [0.1, 0.15) is 22.7 Å². The van der Waals surface area contributed by atoms with Crippen molar-refractivity contribution in [1.29, 1.82) is 0 Å². The predicted molar refractivity (Wildman–Crippen MR) is 103 cm³/mol. The standard InChI is InChI=1S/C20H15F4N3OS/c1-11-8-13(18-25-9-16(26-18)20(22,23)24)4-7-15(11)27-17(28)10-29-19(27)12-2-5-14(21)6-3-12/h2-9,19H,10H2,1H3,(H,25,26). The maximum atomic E-state index is 13.2. The van der Waals surface area contributed by atoms with Gasteiger partial charge >= 0.3 is 6.18 Å². The molecule has 1 N–H and O–H groups in total. The summed E-state index contributed by atoms with van der Waals surface area (Å²) < 4.78 is 51.6. The molecule has 0 spiro atoms. The van der Waals surface area contributed by atoms with E-state index in [1.807, 2.05) is 0 Å². The van der Waals surface area contributed by atoms with E-state index in [0.717, 1.165) is 17.3 Å². The molecule has 3 aromatic rings. The number of nitrogens with one attached hydrogen (secondary N) is 1. The topological polar surface area (TPSA) is 49.0 Å². The van der Waals surface area contributed by atoms with E-state index in [9.17, 15) is 22.4 Å². The molecular weight excluding hydrogens is 406 g/mol. The molecule has 0 radical (unpaired) electrons. The van der Waals surface area contributed by atoms with Crippen LogP contribution in [-0.4, -0.2) is 21.6 Å². The van der Waals surface area contributed by atoms with Crippen LogP contribution in [0.4, 0.5) is 23.2 Å². The number of aromatic nitrogens is 2. The predicted octanol–water partition coefficient (Wildman–Crippen LogP) is 5.32. The lowest BCUT2D eigenvalue weighted by Gasteiger charge is -2.26. The van der Waals surface area contributed by atoms with Crippen LogP contribution in [0.25, 0.3) is 11.4 Å². The third-order valence-corrected chi connectivity index (χ3v) is 5.85. The third-order valence-electron chi connectivity index (χ3n) is 4.63. The zero-order chi connectivity index (χ0) is 20.8. The zero-order valence-corrected chi connectivity index (χ0v) is 15.9. The number of H-pyrrole nitrogens is 1. The maximum absolute atomic E-state index is 13.2. The zero-order valence-electron chi connectivity index (χ0n) is 15.1. The molecule has 1 atom stereocenters. The number of carbonyl (C=O) groups is 1. The Morgan fingerprint density at radius 1 is 1.17 bits per heavy atom. The number of thioether (sulfide) groups is 1. The van der Waals surface area contributed by atoms with Crippen LogP contribution in [0.5, 0.6) is 0 Å². The van der Waals surface area contributed by atoms with E-state index in [0.29, 0.717) is 11.3 Å². The van der Waals surface area contributed by atoms with Crippen LogP contribution in [0, 0.1) is 12.7 Å². The average molecular weight is 421 g/mol. The molecule has 1 aliphatic rings. The minimum atomic E-state index is -4.50. The smallest absolute Gasteiger partial charge is 0.334 e. The van der Waals surface area contributed by atoms with Crippen LogP contribution in [-0.2, 0) is 11.0 Å². The number of carbonyl (C=O) groups excluding carboxylic acids is 1. The van der Waals surface area contributed by atoms with Crippen molar-refractivity contribution in [2.75, 3.05) is 10.7 Å². The molecule has 4 rings (SSSR count). The van der Waals surface area contributed by atoms with Gasteiger partial charge in [-0.3, -0.25) is 9.69 Å². The number of aromatic amines is 1. The van der Waals surface area contributed by atoms with Gasteiger partial charge in [-0.25, -0.2) is 9.37 Å². The molecule has 1 saturated heterocycles. The fourth-order valence-corrected chi connectivity index (χ4v) is 4.41. The lowest BCUT2D eigenvalue weighted by Crippen LogP contribution is -2.28. The Balaban J connectivity index is 1.67. The Labute approximate surface area is 167 Å². The molecule has 1 aromatic heterocycles. The third kappa shape index (κ3) is 3.74. The molecule has 150 valence electrons. The van der Waals surface area contributed by atoms with Crippen molar-refractivity contribution in [3.8, 4) is 11.4 Å². The van der Waals surface area contributed by atoms with Gasteiger partial charge < -0.3 is 4.98 Å². The Morgan fingerprint density at radius 2 is 1.90 bits per heavy atom. The van der Waals surface area contributed by atoms with Crippen LogP contribution >= 0.6 is 11.8 Å². The van der Waals surface area contributed by atoms with Crippen molar-refractivity contribution in [3.63, 3.8) is 0 Å². The van der Waals surface area contributed by atoms with E-state index in [1.54, 1.807) is 42.2 Å². The molecule has 4 nitrogen and oxygen atoms in total. The van der Waals surface area contributed by atoms with Gasteiger partial charge in [0, 0.05) is 11.3 Å². The highest BCUT2D eigenvalue weighted by atomic mass is 32.2. The number of nitrogens with zero attached hydrogens (tertiary/aromatic N) is 2. The lowest BCUT2D eigenvalue weighted by molar-refractivity contribution is -0.140. The van der Waals surface area contributed by atoms with Gasteiger partial charge in [0.25, 0.3) is 0 Å². The summed E-state index contributed by atoms with van der Waals surface area (Å²) in [6.07, 6.45) is -3.74. The van der Waals surface area contributed by atoms with E-state index < -0.39 is 11.9 Å². The molecule has 2 heterocycles. The van der Waals surface area contributed by atoms with Gasteiger partial charge in [0.05, 0.1) is 11.9 Å². The first kappa shape index (κ1) is 19.5. The van der Waals surface area contributed by atoms with E-state index in [-0.39, 0.29) is 28.7 Å². The number of rotatable bonds is 3. The van der Waals surface area contributed by atoms with Crippen molar-refractivity contribution in [2.45, 2.75) is 18.5 Å². The monoisotopic (exact) mass is 421 g/mol. The second-order valence-electron chi connectivity index (χ2n) is 6.62. The van der Waals surface area contributed by atoms with Gasteiger partial charge in [0.2, 0.25) is 5.91 Å². The molecule has 2 aromatic carbocycles. The van der Waals surface area contributed by atoms with E-state index in [2.05, 4.69) is 9.97 Å². The highest BCUT2D eigenvalue weighted by molar-refractivity contribution is 8.00. The summed E-state index contributed by atoms with van der Waals surface area (Å²) in [5.41, 5.74) is 1.73. The largest absolute Gasteiger partial charge is 0.432 e. The van der Waals surface area contributed by atoms with E-state index in [1.165, 1.54) is 23.9 Å². The van der Waals surface area contributed by atoms with E-state index in [4.69, 9.17) is 0 Å². The summed E-state index contributed by atoms with van der Waals surface area (Å²) in [7, 11) is 0. The summed E-state index contributed by atoms with van der Waals surface area (Å²) in [5.74, 6) is -0.0513. The van der Waals surface area contributed by atoms with Crippen molar-refractivity contribution in [1.82, 2.24) is 9.97 Å². The van der Waals surface area contributed by atoms with Crippen molar-refractivity contribution in [2.24, 2.45) is 0 Å². The van der Waals surface area contributed by atoms with Crippen molar-refractivity contribution < 1.29 is 22.4 Å². The van der Waals surface area contributed by atoms with Crippen LogP contribution in [0.2, 0.25) is 0 Å². The number of halogens is 4. The minimum absolute atomic E-state index is 0.0856. The molecule has 1 unspecified atom stereocenters. The maximum Gasteiger partial charge on any atom is 0.432 e. The summed E-state index contributed by atoms with van der Waals surface area (Å²) in [6, 6.07) is 11.0. The minimum Gasteiger partial charge on any atom is -0.334 e.